The molecule has 0 bridgehead atoms. The summed E-state index contributed by atoms with van der Waals surface area (Å²) in [5.74, 6) is -0.414. The minimum Gasteiger partial charge on any atom is -0.451 e. The summed E-state index contributed by atoms with van der Waals surface area (Å²) in [5.41, 5.74) is 0.846. The van der Waals surface area contributed by atoms with E-state index in [-0.39, 0.29) is 17.2 Å². The molecule has 1 saturated heterocycles. The molecule has 6 nitrogen and oxygen atoms in total. The fraction of sp³-hybridized carbons (Fsp3) is 0.333. The van der Waals surface area contributed by atoms with E-state index in [1.54, 1.807) is 23.5 Å². The third-order valence-corrected chi connectivity index (χ3v) is 6.43. The van der Waals surface area contributed by atoms with Crippen LogP contribution in [0.2, 0.25) is 5.02 Å². The Morgan fingerprint density at radius 3 is 2.83 bits per heavy atom. The number of carbonyl (C=O) groups is 1. The molecule has 2 aromatic heterocycles. The fourth-order valence-electron chi connectivity index (χ4n) is 3.44. The van der Waals surface area contributed by atoms with Gasteiger partial charge < -0.3 is 14.5 Å². The minimum absolute atomic E-state index is 0.00358. The lowest BCUT2D eigenvalue weighted by Crippen LogP contribution is -2.43. The van der Waals surface area contributed by atoms with Crippen LogP contribution in [0.5, 0.6) is 0 Å². The van der Waals surface area contributed by atoms with E-state index in [1.807, 2.05) is 18.4 Å². The van der Waals surface area contributed by atoms with Gasteiger partial charge in [0.2, 0.25) is 0 Å². The van der Waals surface area contributed by atoms with E-state index < -0.39 is 5.91 Å². The molecule has 0 aliphatic carbocycles. The van der Waals surface area contributed by atoms with Gasteiger partial charge in [-0.3, -0.25) is 14.5 Å². The molecule has 1 aliphatic rings. The van der Waals surface area contributed by atoms with E-state index >= 15 is 0 Å². The Bertz CT molecular complexity index is 1070. The third kappa shape index (κ3) is 4.38. The highest BCUT2D eigenvalue weighted by atomic mass is 35.5. The standard InChI is InChI=1S/C21H21ClN2O4S/c1-13-9-18-14(10-15(13)22)17(25)11-19(28-18)21(26)23-12-16(20-3-2-8-29-20)24-4-6-27-7-5-24/h2-3,8-11,16H,4-7,12H2,1H3,(H,23,26)/t16-/m1/s1. The topological polar surface area (TPSA) is 71.8 Å². The van der Waals surface area contributed by atoms with Crippen LogP contribution in [-0.4, -0.2) is 43.7 Å². The monoisotopic (exact) mass is 432 g/mol. The Hall–Kier alpha value is -2.19. The third-order valence-electron chi connectivity index (χ3n) is 5.05. The maximum Gasteiger partial charge on any atom is 0.287 e. The van der Waals surface area contributed by atoms with Gasteiger partial charge in [0.05, 0.1) is 24.6 Å². The molecule has 0 radical (unpaired) electrons. The molecule has 1 amide bonds. The van der Waals surface area contributed by atoms with Gasteiger partial charge >= 0.3 is 0 Å². The van der Waals surface area contributed by atoms with Crippen molar-refractivity contribution in [3.63, 3.8) is 0 Å². The van der Waals surface area contributed by atoms with E-state index in [1.165, 1.54) is 10.9 Å². The van der Waals surface area contributed by atoms with Crippen molar-refractivity contribution in [2.45, 2.75) is 13.0 Å². The highest BCUT2D eigenvalue weighted by molar-refractivity contribution is 7.10. The number of thiophene rings is 1. The van der Waals surface area contributed by atoms with Crippen LogP contribution >= 0.6 is 22.9 Å². The predicted molar refractivity (Wildman–Crippen MR) is 114 cm³/mol. The first-order chi connectivity index (χ1) is 14.0. The second-order valence-corrected chi connectivity index (χ2v) is 8.35. The molecule has 1 aromatic carbocycles. The van der Waals surface area contributed by atoms with Crippen LogP contribution in [0.25, 0.3) is 11.0 Å². The van der Waals surface area contributed by atoms with Crippen LogP contribution in [0.1, 0.15) is 27.0 Å². The largest absolute Gasteiger partial charge is 0.451 e. The number of nitrogens with one attached hydrogen (secondary N) is 1. The number of ether oxygens (including phenoxy) is 1. The molecule has 1 N–H and O–H groups in total. The number of halogens is 1. The number of benzene rings is 1. The first kappa shape index (κ1) is 20.1. The number of hydrogen-bond acceptors (Lipinski definition) is 6. The van der Waals surface area contributed by atoms with Crippen molar-refractivity contribution in [1.82, 2.24) is 10.2 Å². The number of aryl methyl sites for hydroxylation is 1. The van der Waals surface area contributed by atoms with Gasteiger partial charge in [-0.15, -0.1) is 11.3 Å². The van der Waals surface area contributed by atoms with Gasteiger partial charge in [-0.05, 0) is 36.1 Å². The molecule has 0 unspecified atom stereocenters. The fourth-order valence-corrected chi connectivity index (χ4v) is 4.47. The van der Waals surface area contributed by atoms with Crippen molar-refractivity contribution in [3.05, 3.63) is 67.2 Å². The van der Waals surface area contributed by atoms with E-state index in [0.29, 0.717) is 35.8 Å². The van der Waals surface area contributed by atoms with Gasteiger partial charge in [-0.25, -0.2) is 0 Å². The summed E-state index contributed by atoms with van der Waals surface area (Å²) in [4.78, 5) is 28.6. The highest BCUT2D eigenvalue weighted by Crippen LogP contribution is 2.26. The maximum atomic E-state index is 12.7. The summed E-state index contributed by atoms with van der Waals surface area (Å²) >= 11 is 7.76. The highest BCUT2D eigenvalue weighted by Gasteiger charge is 2.24. The average molecular weight is 433 g/mol. The second kappa shape index (κ2) is 8.67. The average Bonchev–Trinajstić information content (AvgIpc) is 3.25. The van der Waals surface area contributed by atoms with E-state index in [2.05, 4.69) is 16.3 Å². The van der Waals surface area contributed by atoms with Gasteiger partial charge in [0, 0.05) is 35.6 Å². The molecule has 152 valence electrons. The van der Waals surface area contributed by atoms with Crippen LogP contribution in [0.4, 0.5) is 0 Å². The summed E-state index contributed by atoms with van der Waals surface area (Å²) in [6, 6.07) is 8.60. The first-order valence-electron chi connectivity index (χ1n) is 9.40. The molecule has 1 aliphatic heterocycles. The molecule has 3 aromatic rings. The maximum absolute atomic E-state index is 12.7. The van der Waals surface area contributed by atoms with E-state index in [0.717, 1.165) is 18.7 Å². The number of fused-ring (bicyclic) bond motifs is 1. The number of amides is 1. The Balaban J connectivity index is 1.55. The Morgan fingerprint density at radius 2 is 2.10 bits per heavy atom. The number of rotatable bonds is 5. The van der Waals surface area contributed by atoms with Crippen molar-refractivity contribution in [1.29, 1.82) is 0 Å². The Kier molecular flexibility index (Phi) is 6.01. The van der Waals surface area contributed by atoms with Crippen molar-refractivity contribution < 1.29 is 13.9 Å². The van der Waals surface area contributed by atoms with E-state index in [4.69, 9.17) is 20.8 Å². The zero-order valence-electron chi connectivity index (χ0n) is 15.9. The van der Waals surface area contributed by atoms with Crippen molar-refractivity contribution >= 4 is 39.8 Å². The van der Waals surface area contributed by atoms with Gasteiger partial charge in [0.15, 0.2) is 11.2 Å². The Morgan fingerprint density at radius 1 is 1.31 bits per heavy atom. The van der Waals surface area contributed by atoms with Crippen molar-refractivity contribution in [2.75, 3.05) is 32.8 Å². The van der Waals surface area contributed by atoms with Gasteiger partial charge in [0.1, 0.15) is 5.58 Å². The van der Waals surface area contributed by atoms with Crippen LogP contribution in [-0.2, 0) is 4.74 Å². The minimum atomic E-state index is -0.411. The summed E-state index contributed by atoms with van der Waals surface area (Å²) in [6.07, 6.45) is 0. The van der Waals surface area contributed by atoms with Crippen molar-refractivity contribution in [3.8, 4) is 0 Å². The second-order valence-electron chi connectivity index (χ2n) is 6.96. The lowest BCUT2D eigenvalue weighted by Gasteiger charge is -2.34. The van der Waals surface area contributed by atoms with Crippen molar-refractivity contribution in [2.24, 2.45) is 0 Å². The summed E-state index contributed by atoms with van der Waals surface area (Å²) in [7, 11) is 0. The zero-order chi connectivity index (χ0) is 20.4. The summed E-state index contributed by atoms with van der Waals surface area (Å²) in [5, 5.41) is 5.81. The smallest absolute Gasteiger partial charge is 0.287 e. The quantitative estimate of drug-likeness (QED) is 0.666. The van der Waals surface area contributed by atoms with Crippen LogP contribution in [0.3, 0.4) is 0 Å². The molecule has 0 spiro atoms. The van der Waals surface area contributed by atoms with Crippen LogP contribution in [0.15, 0.2) is 44.9 Å². The number of morpholine rings is 1. The van der Waals surface area contributed by atoms with Gasteiger partial charge in [-0.1, -0.05) is 17.7 Å². The molecule has 0 saturated carbocycles. The van der Waals surface area contributed by atoms with E-state index in [9.17, 15) is 9.59 Å². The van der Waals surface area contributed by atoms with Gasteiger partial charge in [0.25, 0.3) is 5.91 Å². The number of nitrogens with zero attached hydrogens (tertiary/aromatic N) is 1. The van der Waals surface area contributed by atoms with Crippen LogP contribution < -0.4 is 10.7 Å². The predicted octanol–water partition coefficient (Wildman–Crippen LogP) is 3.62. The zero-order valence-corrected chi connectivity index (χ0v) is 17.5. The molecule has 29 heavy (non-hydrogen) atoms. The number of hydrogen-bond donors (Lipinski definition) is 1. The summed E-state index contributed by atoms with van der Waals surface area (Å²) < 4.78 is 11.2. The first-order valence-corrected chi connectivity index (χ1v) is 10.7. The molecule has 8 heteroatoms. The SMILES string of the molecule is Cc1cc2oc(C(=O)NC[C@H](c3cccs3)N3CCOCC3)cc(=O)c2cc1Cl. The van der Waals surface area contributed by atoms with Gasteiger partial charge in [-0.2, -0.15) is 0 Å². The Labute approximate surface area is 177 Å². The molecule has 1 fully saturated rings. The normalized spacial score (nSPS) is 16.1. The number of carbonyl (C=O) groups excluding carboxylic acids is 1. The molecular weight excluding hydrogens is 412 g/mol. The molecule has 4 rings (SSSR count). The lowest BCUT2D eigenvalue weighted by atomic mass is 10.1. The molecule has 1 atom stereocenters. The molecule has 3 heterocycles. The lowest BCUT2D eigenvalue weighted by molar-refractivity contribution is 0.0168. The molecular formula is C21H21ClN2O4S. The summed E-state index contributed by atoms with van der Waals surface area (Å²) in [6.45, 7) is 5.21. The van der Waals surface area contributed by atoms with Crippen LogP contribution in [0, 0.1) is 6.92 Å².